The van der Waals surface area contributed by atoms with Gasteiger partial charge in [-0.05, 0) is 36.4 Å². The van der Waals surface area contributed by atoms with Crippen molar-refractivity contribution >= 4 is 35.1 Å². The van der Waals surface area contributed by atoms with Crippen LogP contribution in [0.1, 0.15) is 10.4 Å². The van der Waals surface area contributed by atoms with Crippen molar-refractivity contribution in [2.24, 2.45) is 0 Å². The van der Waals surface area contributed by atoms with Gasteiger partial charge in [0, 0.05) is 21.9 Å². The Kier molecular flexibility index (Phi) is 5.40. The summed E-state index contributed by atoms with van der Waals surface area (Å²) in [6, 6.07) is 14.6. The fourth-order valence-electron chi connectivity index (χ4n) is 2.46. The minimum absolute atomic E-state index is 0.192. The normalized spacial score (nSPS) is 13.4. The fraction of sp³-hybridized carbons (Fsp3) is 0.158. The molecule has 1 heterocycles. The fourth-order valence-corrected chi connectivity index (χ4v) is 3.21. The van der Waals surface area contributed by atoms with Crippen LogP contribution >= 0.6 is 11.8 Å². The van der Waals surface area contributed by atoms with Crippen LogP contribution < -0.4 is 10.2 Å². The third-order valence-electron chi connectivity index (χ3n) is 3.69. The first-order valence-electron chi connectivity index (χ1n) is 7.87. The van der Waals surface area contributed by atoms with Gasteiger partial charge in [0.15, 0.2) is 0 Å². The summed E-state index contributed by atoms with van der Waals surface area (Å²) in [5, 5.41) is 2.93. The Morgan fingerprint density at radius 3 is 2.68 bits per heavy atom. The van der Waals surface area contributed by atoms with Gasteiger partial charge in [-0.2, -0.15) is 0 Å². The van der Waals surface area contributed by atoms with Gasteiger partial charge in [-0.15, -0.1) is 18.3 Å². The largest absolute Gasteiger partial charge is 0.447 e. The molecule has 0 spiro atoms. The van der Waals surface area contributed by atoms with Crippen LogP contribution in [-0.4, -0.2) is 30.9 Å². The highest BCUT2D eigenvalue weighted by Gasteiger charge is 2.23. The highest BCUT2D eigenvalue weighted by atomic mass is 32.2. The summed E-state index contributed by atoms with van der Waals surface area (Å²) in [5.41, 5.74) is 2.02. The first-order valence-corrected chi connectivity index (χ1v) is 8.86. The topological polar surface area (TPSA) is 58.6 Å². The van der Waals surface area contributed by atoms with Gasteiger partial charge in [-0.25, -0.2) is 4.79 Å². The van der Waals surface area contributed by atoms with E-state index in [0.717, 1.165) is 22.0 Å². The molecule has 0 bridgehead atoms. The van der Waals surface area contributed by atoms with E-state index in [-0.39, 0.29) is 12.0 Å². The summed E-state index contributed by atoms with van der Waals surface area (Å²) in [4.78, 5) is 26.6. The summed E-state index contributed by atoms with van der Waals surface area (Å²) in [7, 11) is 0. The van der Waals surface area contributed by atoms with Gasteiger partial charge in [0.1, 0.15) is 6.61 Å². The van der Waals surface area contributed by atoms with Crippen molar-refractivity contribution in [1.82, 2.24) is 0 Å². The van der Waals surface area contributed by atoms with Crippen LogP contribution in [0.5, 0.6) is 0 Å². The molecule has 1 aliphatic heterocycles. The monoisotopic (exact) mass is 354 g/mol. The summed E-state index contributed by atoms with van der Waals surface area (Å²) in [6.07, 6.45) is 1.47. The SMILES string of the molecule is C=CCSc1ccccc1NC(=O)c1ccc(N2CCOC2=O)cc1. The van der Waals surface area contributed by atoms with Crippen LogP contribution in [0, 0.1) is 0 Å². The summed E-state index contributed by atoms with van der Waals surface area (Å²) in [5.74, 6) is 0.579. The maximum Gasteiger partial charge on any atom is 0.414 e. The van der Waals surface area contributed by atoms with Gasteiger partial charge in [0.25, 0.3) is 5.91 Å². The third-order valence-corrected chi connectivity index (χ3v) is 4.76. The molecule has 5 nitrogen and oxygen atoms in total. The molecule has 1 aliphatic rings. The van der Waals surface area contributed by atoms with Crippen molar-refractivity contribution in [2.75, 3.05) is 29.1 Å². The van der Waals surface area contributed by atoms with E-state index in [9.17, 15) is 9.59 Å². The van der Waals surface area contributed by atoms with Crippen LogP contribution in [0.25, 0.3) is 0 Å². The van der Waals surface area contributed by atoms with E-state index in [1.54, 1.807) is 40.9 Å². The number of hydrogen-bond donors (Lipinski definition) is 1. The molecule has 128 valence electrons. The van der Waals surface area contributed by atoms with Gasteiger partial charge < -0.3 is 10.1 Å². The maximum absolute atomic E-state index is 12.5. The average molecular weight is 354 g/mol. The van der Waals surface area contributed by atoms with E-state index in [4.69, 9.17) is 4.74 Å². The van der Waals surface area contributed by atoms with Crippen LogP contribution in [0.2, 0.25) is 0 Å². The Labute approximate surface area is 150 Å². The molecule has 2 amide bonds. The third kappa shape index (κ3) is 4.03. The first-order chi connectivity index (χ1) is 12.2. The van der Waals surface area contributed by atoms with Crippen molar-refractivity contribution < 1.29 is 14.3 Å². The molecular formula is C19H18N2O3S. The van der Waals surface area contributed by atoms with Gasteiger partial charge in [-0.3, -0.25) is 9.69 Å². The molecule has 0 saturated carbocycles. The van der Waals surface area contributed by atoms with Crippen LogP contribution in [0.15, 0.2) is 66.1 Å². The van der Waals surface area contributed by atoms with Crippen molar-refractivity contribution in [3.8, 4) is 0 Å². The molecule has 2 aromatic rings. The number of rotatable bonds is 6. The van der Waals surface area contributed by atoms with Crippen LogP contribution in [-0.2, 0) is 4.74 Å². The van der Waals surface area contributed by atoms with E-state index < -0.39 is 0 Å². The number of anilines is 2. The Balaban J connectivity index is 1.71. The number of para-hydroxylation sites is 1. The number of cyclic esters (lactones) is 1. The molecule has 0 aliphatic carbocycles. The average Bonchev–Trinajstić information content (AvgIpc) is 3.07. The Morgan fingerprint density at radius 2 is 2.00 bits per heavy atom. The number of benzene rings is 2. The van der Waals surface area contributed by atoms with Crippen LogP contribution in [0.4, 0.5) is 16.2 Å². The molecule has 0 aromatic heterocycles. The number of amides is 2. The Bertz CT molecular complexity index is 790. The zero-order chi connectivity index (χ0) is 17.6. The molecule has 3 rings (SSSR count). The maximum atomic E-state index is 12.5. The molecule has 1 fully saturated rings. The minimum atomic E-state index is -0.356. The summed E-state index contributed by atoms with van der Waals surface area (Å²) < 4.78 is 4.92. The number of hydrogen-bond acceptors (Lipinski definition) is 4. The second kappa shape index (κ2) is 7.90. The zero-order valence-corrected chi connectivity index (χ0v) is 14.4. The van der Waals surface area contributed by atoms with Crippen LogP contribution in [0.3, 0.4) is 0 Å². The zero-order valence-electron chi connectivity index (χ0n) is 13.6. The smallest absolute Gasteiger partial charge is 0.414 e. The Morgan fingerprint density at radius 1 is 1.24 bits per heavy atom. The number of nitrogens with zero attached hydrogens (tertiary/aromatic N) is 1. The van der Waals surface area contributed by atoms with Gasteiger partial charge >= 0.3 is 6.09 Å². The molecule has 1 saturated heterocycles. The lowest BCUT2D eigenvalue weighted by molar-refractivity contribution is 0.102. The quantitative estimate of drug-likeness (QED) is 0.625. The standard InChI is InChI=1S/C19H18N2O3S/c1-2-13-25-17-6-4-3-5-16(17)20-18(22)14-7-9-15(10-8-14)21-11-12-24-19(21)23/h2-10H,1,11-13H2,(H,20,22). The van der Waals surface area contributed by atoms with E-state index in [1.807, 2.05) is 30.3 Å². The lowest BCUT2D eigenvalue weighted by Crippen LogP contribution is -2.23. The highest BCUT2D eigenvalue weighted by molar-refractivity contribution is 7.99. The molecule has 2 aromatic carbocycles. The summed E-state index contributed by atoms with van der Waals surface area (Å²) in [6.45, 7) is 4.63. The molecule has 0 atom stereocenters. The number of nitrogens with one attached hydrogen (secondary N) is 1. The number of carbonyl (C=O) groups excluding carboxylic acids is 2. The lowest BCUT2D eigenvalue weighted by atomic mass is 10.1. The number of ether oxygens (including phenoxy) is 1. The number of thioether (sulfide) groups is 1. The molecule has 25 heavy (non-hydrogen) atoms. The van der Waals surface area contributed by atoms with Crippen molar-refractivity contribution in [3.05, 3.63) is 66.7 Å². The second-order valence-corrected chi connectivity index (χ2v) is 6.42. The first kappa shape index (κ1) is 17.1. The predicted octanol–water partition coefficient (Wildman–Crippen LogP) is 4.17. The van der Waals surface area contributed by atoms with Crippen molar-refractivity contribution in [1.29, 1.82) is 0 Å². The van der Waals surface area contributed by atoms with Gasteiger partial charge in [-0.1, -0.05) is 18.2 Å². The van der Waals surface area contributed by atoms with Crippen molar-refractivity contribution in [2.45, 2.75) is 4.90 Å². The van der Waals surface area contributed by atoms with E-state index in [2.05, 4.69) is 11.9 Å². The minimum Gasteiger partial charge on any atom is -0.447 e. The highest BCUT2D eigenvalue weighted by Crippen LogP contribution is 2.27. The van der Waals surface area contributed by atoms with Gasteiger partial charge in [0.2, 0.25) is 0 Å². The van der Waals surface area contributed by atoms with E-state index in [0.29, 0.717) is 18.7 Å². The molecule has 0 unspecified atom stereocenters. The molecule has 1 N–H and O–H groups in total. The van der Waals surface area contributed by atoms with E-state index >= 15 is 0 Å². The van der Waals surface area contributed by atoms with Gasteiger partial charge in [0.05, 0.1) is 12.2 Å². The van der Waals surface area contributed by atoms with E-state index in [1.165, 1.54) is 0 Å². The second-order valence-electron chi connectivity index (χ2n) is 5.36. The Hall–Kier alpha value is -2.73. The lowest BCUT2D eigenvalue weighted by Gasteiger charge is -2.13. The molecule has 0 radical (unpaired) electrons. The summed E-state index contributed by atoms with van der Waals surface area (Å²) >= 11 is 1.61. The number of carbonyl (C=O) groups is 2. The molecule has 6 heteroatoms. The molecular weight excluding hydrogens is 336 g/mol. The predicted molar refractivity (Wildman–Crippen MR) is 100 cm³/mol. The van der Waals surface area contributed by atoms with Crippen molar-refractivity contribution in [3.63, 3.8) is 0 Å².